The van der Waals surface area contributed by atoms with Gasteiger partial charge in [0.05, 0.1) is 18.5 Å². The molecule has 1 aliphatic heterocycles. The Morgan fingerprint density at radius 1 is 1.60 bits per heavy atom. The lowest BCUT2D eigenvalue weighted by Crippen LogP contribution is -2.53. The van der Waals surface area contributed by atoms with E-state index in [1.165, 1.54) is 6.33 Å². The van der Waals surface area contributed by atoms with Crippen molar-refractivity contribution in [2.45, 2.75) is 6.10 Å². The molecule has 0 radical (unpaired) electrons. The van der Waals surface area contributed by atoms with Gasteiger partial charge in [-0.25, -0.2) is 19.8 Å². The molecule has 20 heavy (non-hydrogen) atoms. The van der Waals surface area contributed by atoms with Crippen LogP contribution in [0.4, 0.5) is 5.82 Å². The number of ether oxygens (including phenoxy) is 1. The van der Waals surface area contributed by atoms with Crippen molar-refractivity contribution in [3.05, 3.63) is 18.6 Å². The van der Waals surface area contributed by atoms with Gasteiger partial charge < -0.3 is 14.8 Å². The second kappa shape index (κ2) is 5.06. The van der Waals surface area contributed by atoms with Crippen LogP contribution in [0.15, 0.2) is 18.6 Å². The molecule has 0 amide bonds. The van der Waals surface area contributed by atoms with E-state index in [1.54, 1.807) is 6.20 Å². The largest absolute Gasteiger partial charge is 0.479 e. The van der Waals surface area contributed by atoms with Gasteiger partial charge >= 0.3 is 5.97 Å². The van der Waals surface area contributed by atoms with Crippen molar-refractivity contribution in [1.29, 1.82) is 0 Å². The highest BCUT2D eigenvalue weighted by molar-refractivity contribution is 5.86. The van der Waals surface area contributed by atoms with Crippen LogP contribution in [0.3, 0.4) is 0 Å². The number of hydrogen-bond donors (Lipinski definition) is 2. The topological polar surface area (TPSA) is 94.6 Å². The summed E-state index contributed by atoms with van der Waals surface area (Å²) in [5.41, 5.74) is 0.755. The minimum atomic E-state index is -0.947. The summed E-state index contributed by atoms with van der Waals surface area (Å²) in [5.74, 6) is -0.208. The highest BCUT2D eigenvalue weighted by Crippen LogP contribution is 2.23. The maximum atomic E-state index is 11.0. The van der Waals surface area contributed by atoms with Gasteiger partial charge in [0.1, 0.15) is 12.0 Å². The number of aromatic amines is 1. The van der Waals surface area contributed by atoms with Gasteiger partial charge in [0, 0.05) is 19.8 Å². The van der Waals surface area contributed by atoms with Gasteiger partial charge in [-0.15, -0.1) is 0 Å². The average molecular weight is 277 g/mol. The van der Waals surface area contributed by atoms with Crippen LogP contribution < -0.4 is 5.01 Å². The highest BCUT2D eigenvalue weighted by atomic mass is 16.5. The Labute approximate surface area is 115 Å². The van der Waals surface area contributed by atoms with E-state index in [-0.39, 0.29) is 0 Å². The minimum absolute atomic E-state index is 0.293. The highest BCUT2D eigenvalue weighted by Gasteiger charge is 2.29. The molecular weight excluding hydrogens is 262 g/mol. The van der Waals surface area contributed by atoms with E-state index in [0.717, 1.165) is 16.9 Å². The number of aliphatic carboxylic acids is 1. The quantitative estimate of drug-likeness (QED) is 0.821. The zero-order valence-corrected chi connectivity index (χ0v) is 11.0. The molecule has 0 aliphatic carbocycles. The number of carboxylic acids is 1. The van der Waals surface area contributed by atoms with Crippen molar-refractivity contribution < 1.29 is 14.6 Å². The molecule has 2 aromatic heterocycles. The van der Waals surface area contributed by atoms with Crippen LogP contribution in [-0.2, 0) is 9.53 Å². The lowest BCUT2D eigenvalue weighted by molar-refractivity contribution is -0.156. The fourth-order valence-electron chi connectivity index (χ4n) is 2.31. The number of anilines is 1. The number of fused-ring (bicyclic) bond motifs is 1. The number of H-pyrrole nitrogens is 1. The Bertz CT molecular complexity index is 628. The maximum Gasteiger partial charge on any atom is 0.334 e. The lowest BCUT2D eigenvalue weighted by atomic mass is 10.3. The molecule has 1 aliphatic rings. The normalized spacial score (nSPS) is 20.1. The number of carboxylic acid groups (broad SMARTS) is 1. The zero-order chi connectivity index (χ0) is 14.1. The van der Waals surface area contributed by atoms with Gasteiger partial charge in [0.15, 0.2) is 11.9 Å². The van der Waals surface area contributed by atoms with Gasteiger partial charge in [-0.05, 0) is 6.07 Å². The maximum absolute atomic E-state index is 11.0. The lowest BCUT2D eigenvalue weighted by Gasteiger charge is -2.37. The number of morpholine rings is 1. The second-order valence-electron chi connectivity index (χ2n) is 4.57. The first kappa shape index (κ1) is 12.8. The molecule has 1 unspecified atom stereocenters. The van der Waals surface area contributed by atoms with Gasteiger partial charge in [0.25, 0.3) is 0 Å². The Hall–Kier alpha value is -2.19. The summed E-state index contributed by atoms with van der Waals surface area (Å²) in [4.78, 5) is 22.5. The average Bonchev–Trinajstić information content (AvgIpc) is 2.95. The smallest absolute Gasteiger partial charge is 0.334 e. The number of nitrogens with zero attached hydrogens (tertiary/aromatic N) is 4. The molecule has 2 N–H and O–H groups in total. The van der Waals surface area contributed by atoms with Crippen LogP contribution in [0.25, 0.3) is 11.0 Å². The zero-order valence-electron chi connectivity index (χ0n) is 11.0. The molecule has 1 atom stereocenters. The summed E-state index contributed by atoms with van der Waals surface area (Å²) in [5, 5.41) is 13.7. The third kappa shape index (κ3) is 2.19. The number of carbonyl (C=O) groups is 1. The number of hydrogen-bond acceptors (Lipinski definition) is 6. The third-order valence-electron chi connectivity index (χ3n) is 3.38. The monoisotopic (exact) mass is 277 g/mol. The number of aromatic nitrogens is 3. The molecule has 1 saturated heterocycles. The molecule has 0 bridgehead atoms. The fraction of sp³-hybridized carbons (Fsp3) is 0.417. The van der Waals surface area contributed by atoms with Gasteiger partial charge in [0.2, 0.25) is 0 Å². The predicted octanol–water partition coefficient (Wildman–Crippen LogP) is 0.0945. The first-order chi connectivity index (χ1) is 9.66. The molecule has 106 valence electrons. The summed E-state index contributed by atoms with van der Waals surface area (Å²) >= 11 is 0. The molecule has 0 spiro atoms. The van der Waals surface area contributed by atoms with Gasteiger partial charge in [-0.2, -0.15) is 0 Å². The predicted molar refractivity (Wildman–Crippen MR) is 71.2 cm³/mol. The Balaban J connectivity index is 1.86. The van der Waals surface area contributed by atoms with Crippen molar-refractivity contribution >= 4 is 22.8 Å². The van der Waals surface area contributed by atoms with Crippen LogP contribution in [0.1, 0.15) is 0 Å². The Kier molecular flexibility index (Phi) is 3.25. The number of rotatable bonds is 3. The van der Waals surface area contributed by atoms with Crippen LogP contribution in [0.2, 0.25) is 0 Å². The van der Waals surface area contributed by atoms with Gasteiger partial charge in [-0.3, -0.25) is 5.01 Å². The van der Waals surface area contributed by atoms with E-state index in [0.29, 0.717) is 19.7 Å². The molecule has 3 heterocycles. The van der Waals surface area contributed by atoms with Crippen molar-refractivity contribution in [2.75, 3.05) is 31.8 Å². The summed E-state index contributed by atoms with van der Waals surface area (Å²) in [6.07, 6.45) is 2.48. The molecular formula is C12H15N5O3. The van der Waals surface area contributed by atoms with Crippen LogP contribution in [0, 0.1) is 0 Å². The van der Waals surface area contributed by atoms with Crippen molar-refractivity contribution in [3.63, 3.8) is 0 Å². The molecule has 0 aromatic carbocycles. The van der Waals surface area contributed by atoms with Crippen molar-refractivity contribution in [2.24, 2.45) is 0 Å². The first-order valence-electron chi connectivity index (χ1n) is 6.28. The molecule has 8 heteroatoms. The number of nitrogens with one attached hydrogen (secondary N) is 1. The SMILES string of the molecule is CN(c1ncnc2[nH]ccc12)N1CCOC(C(=O)O)C1. The second-order valence-corrected chi connectivity index (χ2v) is 4.57. The van der Waals surface area contributed by atoms with E-state index in [1.807, 2.05) is 23.1 Å². The van der Waals surface area contributed by atoms with Gasteiger partial charge in [-0.1, -0.05) is 0 Å². The van der Waals surface area contributed by atoms with E-state index >= 15 is 0 Å². The third-order valence-corrected chi connectivity index (χ3v) is 3.38. The summed E-state index contributed by atoms with van der Waals surface area (Å²) < 4.78 is 5.22. The molecule has 0 saturated carbocycles. The van der Waals surface area contributed by atoms with Crippen LogP contribution >= 0.6 is 0 Å². The van der Waals surface area contributed by atoms with E-state index in [2.05, 4.69) is 15.0 Å². The van der Waals surface area contributed by atoms with Crippen molar-refractivity contribution in [1.82, 2.24) is 20.0 Å². The molecule has 1 fully saturated rings. The van der Waals surface area contributed by atoms with Crippen LogP contribution in [0.5, 0.6) is 0 Å². The summed E-state index contributed by atoms with van der Waals surface area (Å²) in [6, 6.07) is 1.90. The Morgan fingerprint density at radius 3 is 3.25 bits per heavy atom. The standard InChI is InChI=1S/C12H15N5O3/c1-16(17-4-5-20-9(6-17)12(18)19)11-8-2-3-13-10(8)14-7-15-11/h2-3,7,9H,4-6H2,1H3,(H,18,19)(H,13,14,15). The Morgan fingerprint density at radius 2 is 2.45 bits per heavy atom. The number of hydrazine groups is 1. The summed E-state index contributed by atoms with van der Waals surface area (Å²) in [6.45, 7) is 1.29. The molecule has 2 aromatic rings. The molecule has 8 nitrogen and oxygen atoms in total. The van der Waals surface area contributed by atoms with Crippen LogP contribution in [-0.4, -0.2) is 63.9 Å². The fourth-order valence-corrected chi connectivity index (χ4v) is 2.31. The van der Waals surface area contributed by atoms with Crippen molar-refractivity contribution in [3.8, 4) is 0 Å². The first-order valence-corrected chi connectivity index (χ1v) is 6.28. The summed E-state index contributed by atoms with van der Waals surface area (Å²) in [7, 11) is 1.86. The van der Waals surface area contributed by atoms with E-state index in [4.69, 9.17) is 9.84 Å². The van der Waals surface area contributed by atoms with E-state index in [9.17, 15) is 4.79 Å². The minimum Gasteiger partial charge on any atom is -0.479 e. The van der Waals surface area contributed by atoms with E-state index < -0.39 is 12.1 Å². The molecule has 3 rings (SSSR count).